The Kier molecular flexibility index (Phi) is 6.68. The average Bonchev–Trinajstić information content (AvgIpc) is 2.67. The monoisotopic (exact) mass is 356 g/mol. The highest BCUT2D eigenvalue weighted by atomic mass is 19.1. The van der Waals surface area contributed by atoms with E-state index in [9.17, 15) is 14.0 Å². The Morgan fingerprint density at radius 3 is 2.54 bits per heavy atom. The van der Waals surface area contributed by atoms with Crippen LogP contribution in [0.1, 0.15) is 16.8 Å². The van der Waals surface area contributed by atoms with Crippen LogP contribution in [0.25, 0.3) is 0 Å². The Morgan fingerprint density at radius 2 is 1.92 bits per heavy atom. The van der Waals surface area contributed by atoms with Crippen LogP contribution in [0.2, 0.25) is 0 Å². The first kappa shape index (κ1) is 18.9. The average molecular weight is 356 g/mol. The van der Waals surface area contributed by atoms with E-state index in [4.69, 9.17) is 14.7 Å². The fourth-order valence-corrected chi connectivity index (χ4v) is 2.24. The van der Waals surface area contributed by atoms with Gasteiger partial charge in [-0.3, -0.25) is 4.79 Å². The van der Waals surface area contributed by atoms with Crippen molar-refractivity contribution in [3.63, 3.8) is 0 Å². The Morgan fingerprint density at radius 1 is 1.19 bits per heavy atom. The molecule has 6 nitrogen and oxygen atoms in total. The molecule has 134 valence electrons. The summed E-state index contributed by atoms with van der Waals surface area (Å²) in [5.41, 5.74) is 0.293. The van der Waals surface area contributed by atoms with Gasteiger partial charge in [-0.1, -0.05) is 18.2 Å². The molecule has 7 heteroatoms. The summed E-state index contributed by atoms with van der Waals surface area (Å²) in [6.45, 7) is -0.404. The van der Waals surface area contributed by atoms with Gasteiger partial charge in [0.25, 0.3) is 5.91 Å². The SMILES string of the molecule is COc1ccc(C(=O)OCC(=O)N(CCC#N)c2ccccc2)c(F)c1. The number of benzene rings is 2. The minimum absolute atomic E-state index is 0.127. The molecule has 2 aromatic carbocycles. The normalized spacial score (nSPS) is 9.88. The third kappa shape index (κ3) is 4.80. The summed E-state index contributed by atoms with van der Waals surface area (Å²) in [4.78, 5) is 25.8. The van der Waals surface area contributed by atoms with Crippen molar-refractivity contribution in [2.45, 2.75) is 6.42 Å². The standard InChI is InChI=1S/C19H17FN2O4/c1-25-15-8-9-16(17(20)12-15)19(24)26-13-18(23)22(11-5-10-21)14-6-3-2-4-7-14/h2-4,6-9,12H,5,11,13H2,1H3. The zero-order valence-corrected chi connectivity index (χ0v) is 14.1. The molecule has 0 radical (unpaired) electrons. The number of nitrogens with zero attached hydrogens (tertiary/aromatic N) is 2. The summed E-state index contributed by atoms with van der Waals surface area (Å²) in [6.07, 6.45) is 0.127. The number of nitriles is 1. The molecular weight excluding hydrogens is 339 g/mol. The van der Waals surface area contributed by atoms with Gasteiger partial charge in [0.15, 0.2) is 6.61 Å². The van der Waals surface area contributed by atoms with Gasteiger partial charge in [-0.05, 0) is 24.3 Å². The van der Waals surface area contributed by atoms with E-state index >= 15 is 0 Å². The molecule has 0 saturated heterocycles. The van der Waals surface area contributed by atoms with E-state index < -0.39 is 24.3 Å². The first-order chi connectivity index (χ1) is 12.6. The lowest BCUT2D eigenvalue weighted by molar-refractivity contribution is -0.121. The van der Waals surface area contributed by atoms with Gasteiger partial charge in [-0.25, -0.2) is 9.18 Å². The van der Waals surface area contributed by atoms with E-state index in [0.29, 0.717) is 5.69 Å². The molecule has 0 N–H and O–H groups in total. The summed E-state index contributed by atoms with van der Waals surface area (Å²) < 4.78 is 23.7. The second-order valence-corrected chi connectivity index (χ2v) is 5.21. The first-order valence-electron chi connectivity index (χ1n) is 7.80. The van der Waals surface area contributed by atoms with Crippen LogP contribution in [0.4, 0.5) is 10.1 Å². The van der Waals surface area contributed by atoms with Crippen molar-refractivity contribution < 1.29 is 23.5 Å². The molecule has 0 heterocycles. The van der Waals surface area contributed by atoms with E-state index in [2.05, 4.69) is 0 Å². The van der Waals surface area contributed by atoms with Gasteiger partial charge in [-0.2, -0.15) is 5.26 Å². The van der Waals surface area contributed by atoms with E-state index in [-0.39, 0.29) is 24.3 Å². The fourth-order valence-electron chi connectivity index (χ4n) is 2.24. The molecule has 0 atom stereocenters. The number of hydrogen-bond acceptors (Lipinski definition) is 5. The molecule has 1 amide bonds. The highest BCUT2D eigenvalue weighted by molar-refractivity contribution is 5.97. The molecule has 2 rings (SSSR count). The number of rotatable bonds is 7. The van der Waals surface area contributed by atoms with Crippen LogP contribution in [0.5, 0.6) is 5.75 Å². The van der Waals surface area contributed by atoms with E-state index in [0.717, 1.165) is 6.07 Å². The van der Waals surface area contributed by atoms with Crippen molar-refractivity contribution in [3.8, 4) is 11.8 Å². The Hall–Kier alpha value is -3.40. The molecule has 26 heavy (non-hydrogen) atoms. The molecule has 0 aromatic heterocycles. The van der Waals surface area contributed by atoms with Gasteiger partial charge in [0.2, 0.25) is 0 Å². The van der Waals surface area contributed by atoms with Gasteiger partial charge < -0.3 is 14.4 Å². The van der Waals surface area contributed by atoms with Crippen molar-refractivity contribution >= 4 is 17.6 Å². The largest absolute Gasteiger partial charge is 0.497 e. The zero-order valence-electron chi connectivity index (χ0n) is 14.1. The minimum atomic E-state index is -0.952. The van der Waals surface area contributed by atoms with E-state index in [1.54, 1.807) is 30.3 Å². The molecule has 0 fully saturated rings. The second kappa shape index (κ2) is 9.18. The number of esters is 1. The summed E-state index contributed by atoms with van der Waals surface area (Å²) in [5.74, 6) is -1.99. The summed E-state index contributed by atoms with van der Waals surface area (Å²) in [6, 6.07) is 14.4. The maximum absolute atomic E-state index is 13.9. The lowest BCUT2D eigenvalue weighted by Gasteiger charge is -2.21. The highest BCUT2D eigenvalue weighted by Crippen LogP contribution is 2.18. The molecule has 0 aliphatic carbocycles. The maximum Gasteiger partial charge on any atom is 0.341 e. The van der Waals surface area contributed by atoms with Gasteiger partial charge in [-0.15, -0.1) is 0 Å². The van der Waals surface area contributed by atoms with Crippen molar-refractivity contribution in [3.05, 3.63) is 59.9 Å². The smallest absolute Gasteiger partial charge is 0.341 e. The second-order valence-electron chi connectivity index (χ2n) is 5.21. The molecule has 0 aliphatic rings. The van der Waals surface area contributed by atoms with Crippen LogP contribution in [0, 0.1) is 17.1 Å². The topological polar surface area (TPSA) is 79.6 Å². The van der Waals surface area contributed by atoms with Gasteiger partial charge in [0, 0.05) is 18.3 Å². The number of carbonyl (C=O) groups is 2. The van der Waals surface area contributed by atoms with Crippen LogP contribution in [0.15, 0.2) is 48.5 Å². The zero-order chi connectivity index (χ0) is 18.9. The molecular formula is C19H17FN2O4. The molecule has 0 unspecified atom stereocenters. The molecule has 0 spiro atoms. The minimum Gasteiger partial charge on any atom is -0.497 e. The number of methoxy groups -OCH3 is 1. The van der Waals surface area contributed by atoms with Crippen LogP contribution < -0.4 is 9.64 Å². The van der Waals surface area contributed by atoms with Crippen LogP contribution in [-0.4, -0.2) is 32.1 Å². The summed E-state index contributed by atoms with van der Waals surface area (Å²) >= 11 is 0. The molecule has 0 saturated carbocycles. The highest BCUT2D eigenvalue weighted by Gasteiger charge is 2.19. The number of para-hydroxylation sites is 1. The Bertz CT molecular complexity index is 818. The lowest BCUT2D eigenvalue weighted by atomic mass is 10.2. The third-order valence-electron chi connectivity index (χ3n) is 3.54. The number of carbonyl (C=O) groups excluding carboxylic acids is 2. The summed E-state index contributed by atoms with van der Waals surface area (Å²) in [7, 11) is 1.38. The van der Waals surface area contributed by atoms with Gasteiger partial charge in [0.05, 0.1) is 25.2 Å². The number of hydrogen-bond donors (Lipinski definition) is 0. The van der Waals surface area contributed by atoms with Gasteiger partial charge >= 0.3 is 5.97 Å². The van der Waals surface area contributed by atoms with Crippen LogP contribution in [0.3, 0.4) is 0 Å². The number of ether oxygens (including phenoxy) is 2. The molecule has 2 aromatic rings. The van der Waals surface area contributed by atoms with Crippen LogP contribution in [-0.2, 0) is 9.53 Å². The maximum atomic E-state index is 13.9. The van der Waals surface area contributed by atoms with E-state index in [1.165, 1.54) is 24.1 Å². The number of amides is 1. The van der Waals surface area contributed by atoms with Crippen molar-refractivity contribution in [1.29, 1.82) is 5.26 Å². The van der Waals surface area contributed by atoms with Gasteiger partial charge in [0.1, 0.15) is 11.6 Å². The van der Waals surface area contributed by atoms with Crippen molar-refractivity contribution in [1.82, 2.24) is 0 Å². The Balaban J connectivity index is 2.05. The van der Waals surface area contributed by atoms with Crippen molar-refractivity contribution in [2.75, 3.05) is 25.2 Å². The lowest BCUT2D eigenvalue weighted by Crippen LogP contribution is -2.35. The predicted octanol–water partition coefficient (Wildman–Crippen LogP) is 2.94. The first-order valence-corrected chi connectivity index (χ1v) is 7.80. The summed E-state index contributed by atoms with van der Waals surface area (Å²) in [5, 5.41) is 8.76. The van der Waals surface area contributed by atoms with Crippen LogP contribution >= 0.6 is 0 Å². The fraction of sp³-hybridized carbons (Fsp3) is 0.211. The third-order valence-corrected chi connectivity index (χ3v) is 3.54. The predicted molar refractivity (Wildman–Crippen MR) is 92.3 cm³/mol. The number of anilines is 1. The van der Waals surface area contributed by atoms with E-state index in [1.807, 2.05) is 6.07 Å². The quantitative estimate of drug-likeness (QED) is 0.713. The Labute approximate surface area is 150 Å². The number of halogens is 1. The molecule has 0 bridgehead atoms. The molecule has 0 aliphatic heterocycles. The van der Waals surface area contributed by atoms with Crippen molar-refractivity contribution in [2.24, 2.45) is 0 Å².